The van der Waals surface area contributed by atoms with Crippen LogP contribution >= 0.6 is 0 Å². The van der Waals surface area contributed by atoms with Crippen LogP contribution in [0.15, 0.2) is 30.5 Å². The lowest BCUT2D eigenvalue weighted by Crippen LogP contribution is -2.39. The highest BCUT2D eigenvalue weighted by molar-refractivity contribution is 5.86. The van der Waals surface area contributed by atoms with Crippen molar-refractivity contribution in [2.75, 3.05) is 24.6 Å². The zero-order valence-corrected chi connectivity index (χ0v) is 24.9. The maximum Gasteiger partial charge on any atom is 0.337 e. The zero-order valence-electron chi connectivity index (χ0n) is 24.9. The van der Waals surface area contributed by atoms with Gasteiger partial charge in [-0.05, 0) is 76.0 Å². The van der Waals surface area contributed by atoms with Crippen molar-refractivity contribution in [1.29, 1.82) is 0 Å². The molecule has 2 aliphatic rings. The van der Waals surface area contributed by atoms with E-state index in [-0.39, 0.29) is 5.41 Å². The van der Waals surface area contributed by atoms with Crippen LogP contribution in [0.25, 0.3) is 11.1 Å². The molecule has 39 heavy (non-hydrogen) atoms. The summed E-state index contributed by atoms with van der Waals surface area (Å²) < 4.78 is 12.3. The summed E-state index contributed by atoms with van der Waals surface area (Å²) >= 11 is 0. The number of ether oxygens (including phenoxy) is 2. The first-order chi connectivity index (χ1) is 18.4. The van der Waals surface area contributed by atoms with Gasteiger partial charge in [-0.1, -0.05) is 58.1 Å². The van der Waals surface area contributed by atoms with Gasteiger partial charge in [0.25, 0.3) is 0 Å². The predicted octanol–water partition coefficient (Wildman–Crippen LogP) is 7.97. The first-order valence-electron chi connectivity index (χ1n) is 14.8. The summed E-state index contributed by atoms with van der Waals surface area (Å²) in [6.07, 6.45) is 10.7. The molecule has 0 unspecified atom stereocenters. The van der Waals surface area contributed by atoms with Gasteiger partial charge in [0.2, 0.25) is 0 Å². The molecule has 2 heterocycles. The van der Waals surface area contributed by atoms with Crippen molar-refractivity contribution in [3.05, 3.63) is 41.7 Å². The molecular formula is C33H48N2O4. The Morgan fingerprint density at radius 1 is 1.10 bits per heavy atom. The smallest absolute Gasteiger partial charge is 0.337 e. The van der Waals surface area contributed by atoms with Crippen LogP contribution in [0.3, 0.4) is 0 Å². The Bertz CT molecular complexity index is 1100. The maximum atomic E-state index is 12.6. The average Bonchev–Trinajstić information content (AvgIpc) is 2.88. The molecule has 6 heteroatoms. The van der Waals surface area contributed by atoms with E-state index in [1.165, 1.54) is 32.1 Å². The standard InChI is InChI=1S/C33H48N2O4/c1-23-28(30(31(36)37)39-32(2,3)4)29(35-19-17-33(5,6)18-20-35)27(22-34-23)25-12-14-26(15-13-25)38-21-16-24-10-8-7-9-11-24/h12-15,22,24,30H,7-11,16-21H2,1-6H3,(H,36,37)/t30-/m0/s1. The summed E-state index contributed by atoms with van der Waals surface area (Å²) in [7, 11) is 0. The van der Waals surface area contributed by atoms with Gasteiger partial charge in [0.05, 0.1) is 17.9 Å². The van der Waals surface area contributed by atoms with Gasteiger partial charge in [0.15, 0.2) is 6.10 Å². The number of rotatable bonds is 9. The van der Waals surface area contributed by atoms with Gasteiger partial charge in [-0.15, -0.1) is 0 Å². The number of aryl methyl sites for hydroxylation is 1. The van der Waals surface area contributed by atoms with E-state index in [2.05, 4.69) is 30.9 Å². The molecule has 214 valence electrons. The molecule has 1 aromatic carbocycles. The van der Waals surface area contributed by atoms with Gasteiger partial charge in [0.1, 0.15) is 5.75 Å². The topological polar surface area (TPSA) is 71.9 Å². The molecule has 0 spiro atoms. The lowest BCUT2D eigenvalue weighted by atomic mass is 9.82. The number of carbonyl (C=O) groups is 1. The number of carboxylic acids is 1. The molecule has 1 aliphatic heterocycles. The molecule has 6 nitrogen and oxygen atoms in total. The Kier molecular flexibility index (Phi) is 9.25. The van der Waals surface area contributed by atoms with Gasteiger partial charge >= 0.3 is 5.97 Å². The molecule has 0 amide bonds. The van der Waals surface area contributed by atoms with Crippen LogP contribution in [0.2, 0.25) is 0 Å². The van der Waals surface area contributed by atoms with E-state index >= 15 is 0 Å². The van der Waals surface area contributed by atoms with E-state index in [0.717, 1.165) is 67.4 Å². The van der Waals surface area contributed by atoms with Gasteiger partial charge < -0.3 is 19.5 Å². The summed E-state index contributed by atoms with van der Waals surface area (Å²) in [5.74, 6) is 0.674. The fourth-order valence-corrected chi connectivity index (χ4v) is 5.95. The Hall–Kier alpha value is -2.60. The Morgan fingerprint density at radius 2 is 1.74 bits per heavy atom. The molecule has 0 bridgehead atoms. The van der Waals surface area contributed by atoms with Crippen molar-refractivity contribution in [3.63, 3.8) is 0 Å². The van der Waals surface area contributed by atoms with Gasteiger partial charge in [0, 0.05) is 36.1 Å². The molecule has 1 saturated carbocycles. The third kappa shape index (κ3) is 7.75. The number of benzene rings is 1. The summed E-state index contributed by atoms with van der Waals surface area (Å²) in [6, 6.07) is 8.20. The number of anilines is 1. The number of pyridine rings is 1. The molecular weight excluding hydrogens is 488 g/mol. The second-order valence-electron chi connectivity index (χ2n) is 13.3. The lowest BCUT2D eigenvalue weighted by Gasteiger charge is -2.41. The molecule has 4 rings (SSSR count). The second kappa shape index (κ2) is 12.3. The molecule has 1 N–H and O–H groups in total. The number of hydrogen-bond acceptors (Lipinski definition) is 5. The first kappa shape index (κ1) is 29.4. The lowest BCUT2D eigenvalue weighted by molar-refractivity contribution is -0.160. The fourth-order valence-electron chi connectivity index (χ4n) is 5.95. The van der Waals surface area contributed by atoms with Gasteiger partial charge in [-0.25, -0.2) is 4.79 Å². The summed E-state index contributed by atoms with van der Waals surface area (Å²) in [5.41, 5.74) is 3.87. The normalized spacial score (nSPS) is 19.1. The van der Waals surface area contributed by atoms with E-state index in [4.69, 9.17) is 14.5 Å². The number of carboxylic acid groups (broad SMARTS) is 1. The SMILES string of the molecule is Cc1ncc(-c2ccc(OCCC3CCCCC3)cc2)c(N2CCC(C)(C)CC2)c1[C@H](OC(C)(C)C)C(=O)O. The highest BCUT2D eigenvalue weighted by Gasteiger charge is 2.35. The Labute approximate surface area is 235 Å². The van der Waals surface area contributed by atoms with Crippen molar-refractivity contribution >= 4 is 11.7 Å². The average molecular weight is 537 g/mol. The van der Waals surface area contributed by atoms with Crippen molar-refractivity contribution < 1.29 is 19.4 Å². The molecule has 1 aliphatic carbocycles. The monoisotopic (exact) mass is 536 g/mol. The summed E-state index contributed by atoms with van der Waals surface area (Å²) in [5, 5.41) is 10.3. The predicted molar refractivity (Wildman–Crippen MR) is 158 cm³/mol. The van der Waals surface area contributed by atoms with E-state index in [1.807, 2.05) is 46.0 Å². The number of nitrogens with zero attached hydrogens (tertiary/aromatic N) is 2. The highest BCUT2D eigenvalue weighted by Crippen LogP contribution is 2.43. The molecule has 0 radical (unpaired) electrons. The first-order valence-corrected chi connectivity index (χ1v) is 14.8. The summed E-state index contributed by atoms with van der Waals surface area (Å²) in [4.78, 5) is 19.6. The summed E-state index contributed by atoms with van der Waals surface area (Å²) in [6.45, 7) is 14.7. The van der Waals surface area contributed by atoms with Crippen molar-refractivity contribution in [3.8, 4) is 16.9 Å². The second-order valence-corrected chi connectivity index (χ2v) is 13.3. The van der Waals surface area contributed by atoms with E-state index in [0.29, 0.717) is 11.3 Å². The molecule has 2 fully saturated rings. The highest BCUT2D eigenvalue weighted by atomic mass is 16.5. The minimum atomic E-state index is -1.11. The van der Waals surface area contributed by atoms with Crippen molar-refractivity contribution in [1.82, 2.24) is 4.98 Å². The number of hydrogen-bond donors (Lipinski definition) is 1. The zero-order chi connectivity index (χ0) is 28.2. The van der Waals surface area contributed by atoms with Crippen molar-refractivity contribution in [2.45, 2.75) is 105 Å². The fraction of sp³-hybridized carbons (Fsp3) is 0.636. The molecule has 1 aromatic heterocycles. The molecule has 2 aromatic rings. The van der Waals surface area contributed by atoms with Gasteiger partial charge in [-0.2, -0.15) is 0 Å². The largest absolute Gasteiger partial charge is 0.494 e. The third-order valence-electron chi connectivity index (χ3n) is 8.36. The van der Waals surface area contributed by atoms with Crippen LogP contribution in [0.5, 0.6) is 5.75 Å². The van der Waals surface area contributed by atoms with Crippen LogP contribution in [-0.2, 0) is 9.53 Å². The maximum absolute atomic E-state index is 12.6. The molecule has 1 saturated heterocycles. The minimum absolute atomic E-state index is 0.267. The minimum Gasteiger partial charge on any atom is -0.494 e. The third-order valence-corrected chi connectivity index (χ3v) is 8.36. The number of aliphatic carboxylic acids is 1. The van der Waals surface area contributed by atoms with E-state index in [9.17, 15) is 9.90 Å². The van der Waals surface area contributed by atoms with Crippen LogP contribution in [0.1, 0.15) is 103 Å². The number of aromatic nitrogens is 1. The quantitative estimate of drug-likeness (QED) is 0.350. The molecule has 1 atom stereocenters. The van der Waals surface area contributed by atoms with E-state index in [1.54, 1.807) is 0 Å². The van der Waals surface area contributed by atoms with Crippen LogP contribution in [-0.4, -0.2) is 41.4 Å². The van der Waals surface area contributed by atoms with Crippen molar-refractivity contribution in [2.24, 2.45) is 11.3 Å². The number of piperidine rings is 1. The van der Waals surface area contributed by atoms with Gasteiger partial charge in [-0.3, -0.25) is 4.98 Å². The van der Waals surface area contributed by atoms with Crippen LogP contribution in [0, 0.1) is 18.3 Å². The Morgan fingerprint density at radius 3 is 2.33 bits per heavy atom. The van der Waals surface area contributed by atoms with Crippen LogP contribution < -0.4 is 9.64 Å². The Balaban J connectivity index is 1.66. The van der Waals surface area contributed by atoms with Crippen LogP contribution in [0.4, 0.5) is 5.69 Å². The van der Waals surface area contributed by atoms with E-state index < -0.39 is 17.7 Å².